The van der Waals surface area contributed by atoms with Crippen LogP contribution in [0.5, 0.6) is 0 Å². The molecule has 0 saturated carbocycles. The van der Waals surface area contributed by atoms with Crippen LogP contribution in [-0.2, 0) is 0 Å². The standard InChI is InChI=1S/C26H23N5.4HI/c1-31-13-3-2-4-25(31)26-12-11-23(30-26)16-22-8-7-19(28-22)14-18-5-6-20(27-18)15-21-9-10-24(17-26)29-21;;;;/h2-11,13-17,25,27,30H,12H2,1H3;4*1H. The van der Waals surface area contributed by atoms with E-state index < -0.39 is 0 Å². The van der Waals surface area contributed by atoms with Gasteiger partial charge in [0.2, 0.25) is 0 Å². The molecule has 9 heteroatoms. The molecule has 6 rings (SSSR count). The third-order valence-corrected chi connectivity index (χ3v) is 6.14. The van der Waals surface area contributed by atoms with Gasteiger partial charge in [-0.15, -0.1) is 95.9 Å². The molecule has 2 unspecified atom stereocenters. The number of hydrogen-bond donors (Lipinski definition) is 2. The zero-order valence-electron chi connectivity index (χ0n) is 18.9. The summed E-state index contributed by atoms with van der Waals surface area (Å²) in [5.74, 6) is 0. The SMILES string of the molecule is CN1C=CC=CC1C12C=C3C=CC(=N3)C=c3ccc([nH]3)=CC3=NC(=CC(=CC1)N2)C=C3.I.I.I.I. The molecule has 2 N–H and O–H groups in total. The first kappa shape index (κ1) is 30.3. The molecule has 184 valence electrons. The Hall–Kier alpha value is -0.940. The summed E-state index contributed by atoms with van der Waals surface area (Å²) in [6, 6.07) is 4.31. The summed E-state index contributed by atoms with van der Waals surface area (Å²) in [5.41, 5.74) is 4.61. The third kappa shape index (κ3) is 6.32. The molecule has 35 heavy (non-hydrogen) atoms. The van der Waals surface area contributed by atoms with Gasteiger partial charge in [0.1, 0.15) is 0 Å². The number of nitrogens with zero attached hydrogens (tertiary/aromatic N) is 3. The van der Waals surface area contributed by atoms with Crippen molar-refractivity contribution in [2.75, 3.05) is 7.05 Å². The van der Waals surface area contributed by atoms with Crippen molar-refractivity contribution in [3.05, 3.63) is 107 Å². The lowest BCUT2D eigenvalue weighted by atomic mass is 9.85. The normalized spacial score (nSPS) is 24.5. The summed E-state index contributed by atoms with van der Waals surface area (Å²) in [7, 11) is 2.12. The van der Waals surface area contributed by atoms with Crippen LogP contribution >= 0.6 is 95.9 Å². The molecule has 8 bridgehead atoms. The number of rotatable bonds is 1. The minimum Gasteiger partial charge on any atom is -0.374 e. The van der Waals surface area contributed by atoms with Crippen LogP contribution in [0, 0.1) is 0 Å². The summed E-state index contributed by atoms with van der Waals surface area (Å²) in [6.07, 6.45) is 28.5. The van der Waals surface area contributed by atoms with Gasteiger partial charge >= 0.3 is 0 Å². The highest BCUT2D eigenvalue weighted by Gasteiger charge is 2.41. The largest absolute Gasteiger partial charge is 0.374 e. The topological polar surface area (TPSA) is 55.8 Å². The van der Waals surface area contributed by atoms with Gasteiger partial charge in [0, 0.05) is 23.4 Å². The van der Waals surface area contributed by atoms with E-state index in [1.807, 2.05) is 0 Å². The van der Waals surface area contributed by atoms with Crippen LogP contribution < -0.4 is 16.0 Å². The molecular formula is C26H27I4N5. The molecule has 2 atom stereocenters. The molecular weight excluding hydrogens is 890 g/mol. The summed E-state index contributed by atoms with van der Waals surface area (Å²) >= 11 is 0. The lowest BCUT2D eigenvalue weighted by Gasteiger charge is -2.41. The van der Waals surface area contributed by atoms with Crippen molar-refractivity contribution >= 4 is 119 Å². The van der Waals surface area contributed by atoms with Gasteiger partial charge in [-0.2, -0.15) is 0 Å². The van der Waals surface area contributed by atoms with Crippen LogP contribution in [-0.4, -0.2) is 39.9 Å². The van der Waals surface area contributed by atoms with E-state index in [0.717, 1.165) is 45.6 Å². The molecule has 5 aliphatic rings. The van der Waals surface area contributed by atoms with Crippen molar-refractivity contribution in [2.24, 2.45) is 9.98 Å². The second-order valence-corrected chi connectivity index (χ2v) is 8.40. The summed E-state index contributed by atoms with van der Waals surface area (Å²) < 4.78 is 0. The van der Waals surface area contributed by atoms with Crippen molar-refractivity contribution in [3.63, 3.8) is 0 Å². The Kier molecular flexibility index (Phi) is 10.8. The highest BCUT2D eigenvalue weighted by Crippen LogP contribution is 2.34. The number of fused-ring (bicyclic) bond motifs is 6. The molecule has 0 fully saturated rings. The maximum atomic E-state index is 4.88. The molecule has 5 nitrogen and oxygen atoms in total. The molecule has 0 spiro atoms. The Morgan fingerprint density at radius 3 is 2.20 bits per heavy atom. The van der Waals surface area contributed by atoms with Gasteiger partial charge in [-0.3, -0.25) is 0 Å². The van der Waals surface area contributed by atoms with Gasteiger partial charge < -0.3 is 15.2 Å². The van der Waals surface area contributed by atoms with E-state index in [4.69, 9.17) is 9.98 Å². The monoisotopic (exact) mass is 917 g/mol. The number of allylic oxidation sites excluding steroid dienone is 7. The number of aromatic amines is 1. The maximum absolute atomic E-state index is 4.88. The smallest absolute Gasteiger partial charge is 0.0854 e. The van der Waals surface area contributed by atoms with Gasteiger partial charge in [-0.25, -0.2) is 9.98 Å². The lowest BCUT2D eigenvalue weighted by molar-refractivity contribution is 0.259. The quantitative estimate of drug-likeness (QED) is 0.397. The van der Waals surface area contributed by atoms with E-state index in [1.165, 1.54) is 0 Å². The molecule has 6 heterocycles. The fourth-order valence-electron chi connectivity index (χ4n) is 4.69. The number of aromatic nitrogens is 1. The van der Waals surface area contributed by atoms with E-state index >= 15 is 0 Å². The average molecular weight is 917 g/mol. The summed E-state index contributed by atoms with van der Waals surface area (Å²) in [4.78, 5) is 15.3. The first-order chi connectivity index (χ1) is 15.1. The van der Waals surface area contributed by atoms with Crippen LogP contribution in [0.4, 0.5) is 0 Å². The molecule has 0 aliphatic carbocycles. The Bertz CT molecular complexity index is 1370. The zero-order chi connectivity index (χ0) is 20.8. The van der Waals surface area contributed by atoms with Crippen molar-refractivity contribution in [3.8, 4) is 0 Å². The van der Waals surface area contributed by atoms with E-state index in [9.17, 15) is 0 Å². The van der Waals surface area contributed by atoms with Gasteiger partial charge in [0.05, 0.1) is 34.4 Å². The molecule has 0 amide bonds. The summed E-state index contributed by atoms with van der Waals surface area (Å²) in [6.45, 7) is 0. The minimum atomic E-state index is -0.293. The second-order valence-electron chi connectivity index (χ2n) is 8.40. The van der Waals surface area contributed by atoms with Gasteiger partial charge in [0.25, 0.3) is 0 Å². The van der Waals surface area contributed by atoms with Crippen LogP contribution in [0.2, 0.25) is 0 Å². The van der Waals surface area contributed by atoms with Crippen molar-refractivity contribution in [2.45, 2.75) is 18.0 Å². The Labute approximate surface area is 273 Å². The molecule has 1 aromatic heterocycles. The van der Waals surface area contributed by atoms with Gasteiger partial charge in [0.15, 0.2) is 0 Å². The Balaban J connectivity index is 0.00000108. The fourth-order valence-corrected chi connectivity index (χ4v) is 4.69. The highest BCUT2D eigenvalue weighted by atomic mass is 127. The van der Waals surface area contributed by atoms with E-state index in [0.29, 0.717) is 0 Å². The molecule has 1 aromatic rings. The Morgan fingerprint density at radius 2 is 1.51 bits per heavy atom. The predicted octanol–water partition coefficient (Wildman–Crippen LogP) is 4.85. The number of nitrogens with one attached hydrogen (secondary N) is 2. The second kappa shape index (κ2) is 12.5. The van der Waals surface area contributed by atoms with Gasteiger partial charge in [-0.1, -0.05) is 18.2 Å². The van der Waals surface area contributed by atoms with Crippen molar-refractivity contribution in [1.29, 1.82) is 0 Å². The van der Waals surface area contributed by atoms with Crippen LogP contribution in [0.15, 0.2) is 106 Å². The number of likely N-dealkylation sites (N-methyl/N-ethyl adjacent to an activating group) is 1. The minimum absolute atomic E-state index is 0. The molecule has 0 radical (unpaired) electrons. The number of hydrogen-bond acceptors (Lipinski definition) is 4. The highest BCUT2D eigenvalue weighted by molar-refractivity contribution is 14.0. The number of H-pyrrole nitrogens is 1. The third-order valence-electron chi connectivity index (χ3n) is 6.14. The molecule has 0 aromatic carbocycles. The summed E-state index contributed by atoms with van der Waals surface area (Å²) in [5, 5.41) is 5.86. The van der Waals surface area contributed by atoms with Crippen molar-refractivity contribution in [1.82, 2.24) is 15.2 Å². The van der Waals surface area contributed by atoms with E-state index in [2.05, 4.69) is 113 Å². The number of halogens is 4. The van der Waals surface area contributed by atoms with E-state index in [1.54, 1.807) is 0 Å². The maximum Gasteiger partial charge on any atom is 0.0854 e. The molecule has 0 saturated heterocycles. The van der Waals surface area contributed by atoms with Crippen molar-refractivity contribution < 1.29 is 0 Å². The van der Waals surface area contributed by atoms with Crippen LogP contribution in [0.25, 0.3) is 12.2 Å². The Morgan fingerprint density at radius 1 is 0.857 bits per heavy atom. The van der Waals surface area contributed by atoms with Crippen LogP contribution in [0.1, 0.15) is 6.42 Å². The first-order valence-corrected chi connectivity index (χ1v) is 10.6. The molecule has 5 aliphatic heterocycles. The number of aliphatic imine (C=N–C) groups is 2. The van der Waals surface area contributed by atoms with Crippen LogP contribution in [0.3, 0.4) is 0 Å². The van der Waals surface area contributed by atoms with Gasteiger partial charge in [-0.05, 0) is 79.4 Å². The zero-order valence-corrected chi connectivity index (χ0v) is 28.2. The first-order valence-electron chi connectivity index (χ1n) is 10.6. The average Bonchev–Trinajstić information content (AvgIpc) is 3.54. The fraction of sp³-hybridized carbons (Fsp3) is 0.154. The predicted molar refractivity (Wildman–Crippen MR) is 188 cm³/mol. The van der Waals surface area contributed by atoms with E-state index in [-0.39, 0.29) is 107 Å². The lowest BCUT2D eigenvalue weighted by Crippen LogP contribution is -2.54.